The molecule has 1 aromatic heterocycles. The van der Waals surface area contributed by atoms with E-state index in [2.05, 4.69) is 0 Å². The van der Waals surface area contributed by atoms with Crippen molar-refractivity contribution in [2.75, 3.05) is 12.4 Å². The molecule has 1 aliphatic rings. The van der Waals surface area contributed by atoms with E-state index >= 15 is 0 Å². The Hall–Kier alpha value is -2.36. The molecule has 0 amide bonds. The zero-order valence-electron chi connectivity index (χ0n) is 16.4. The smallest absolute Gasteiger partial charge is 0.262 e. The van der Waals surface area contributed by atoms with E-state index in [0.29, 0.717) is 29.0 Å². The van der Waals surface area contributed by atoms with Crippen LogP contribution in [0.4, 0.5) is 0 Å². The monoisotopic (exact) mass is 445 g/mol. The Morgan fingerprint density at radius 2 is 1.80 bits per heavy atom. The van der Waals surface area contributed by atoms with Gasteiger partial charge in [-0.25, -0.2) is 18.5 Å². The van der Waals surface area contributed by atoms with E-state index in [4.69, 9.17) is 14.9 Å². The Kier molecular flexibility index (Phi) is 6.12. The van der Waals surface area contributed by atoms with Gasteiger partial charge in [0.25, 0.3) is 5.56 Å². The molecule has 9 heteroatoms. The maximum atomic E-state index is 13.1. The van der Waals surface area contributed by atoms with Crippen molar-refractivity contribution in [3.05, 3.63) is 58.9 Å². The zero-order chi connectivity index (χ0) is 21.1. The number of hydrogen-bond donors (Lipinski definition) is 1. The van der Waals surface area contributed by atoms with Crippen molar-refractivity contribution in [1.29, 1.82) is 0 Å². The summed E-state index contributed by atoms with van der Waals surface area (Å²) in [6.45, 7) is 0.396. The van der Waals surface area contributed by atoms with Crippen molar-refractivity contribution in [2.45, 2.75) is 41.8 Å². The van der Waals surface area contributed by atoms with E-state index in [-0.39, 0.29) is 16.5 Å². The summed E-state index contributed by atoms with van der Waals surface area (Å²) in [7, 11) is -3.72. The Bertz CT molecular complexity index is 1200. The molecule has 1 heterocycles. The number of nitrogens with two attached hydrogens (primary N) is 1. The molecular weight excluding hydrogens is 422 g/mol. The van der Waals surface area contributed by atoms with E-state index in [1.54, 1.807) is 12.1 Å². The highest BCUT2D eigenvalue weighted by molar-refractivity contribution is 7.99. The topological polar surface area (TPSA) is 104 Å². The van der Waals surface area contributed by atoms with Gasteiger partial charge in [-0.15, -0.1) is 0 Å². The summed E-state index contributed by atoms with van der Waals surface area (Å²) < 4.78 is 30.2. The average molecular weight is 446 g/mol. The molecule has 0 atom stereocenters. The predicted octanol–water partition coefficient (Wildman–Crippen LogP) is 3.33. The van der Waals surface area contributed by atoms with Crippen molar-refractivity contribution in [2.24, 2.45) is 5.14 Å². The van der Waals surface area contributed by atoms with Crippen molar-refractivity contribution in [1.82, 2.24) is 9.55 Å². The molecule has 2 N–H and O–H groups in total. The highest BCUT2D eigenvalue weighted by Gasteiger charge is 2.23. The van der Waals surface area contributed by atoms with Crippen molar-refractivity contribution >= 4 is 32.7 Å². The third kappa shape index (κ3) is 4.53. The maximum absolute atomic E-state index is 13.1. The summed E-state index contributed by atoms with van der Waals surface area (Å²) in [4.78, 5) is 17.9. The molecule has 3 aromatic rings. The Morgan fingerprint density at radius 3 is 2.50 bits per heavy atom. The SMILES string of the molecule is NS(=O)(=O)c1ccc(OCCSc2nc3ccccc3c(=O)n2C2CCCC2)cc1. The third-order valence-corrected chi connectivity index (χ3v) is 7.05. The van der Waals surface area contributed by atoms with Gasteiger partial charge >= 0.3 is 0 Å². The lowest BCUT2D eigenvalue weighted by Gasteiger charge is -2.18. The minimum absolute atomic E-state index is 0.0227. The number of sulfonamides is 1. The largest absolute Gasteiger partial charge is 0.493 e. The summed E-state index contributed by atoms with van der Waals surface area (Å²) in [6, 6.07) is 13.6. The first-order valence-electron chi connectivity index (χ1n) is 9.83. The number of fused-ring (bicyclic) bond motifs is 1. The fourth-order valence-corrected chi connectivity index (χ4v) is 5.13. The number of rotatable bonds is 7. The molecule has 0 unspecified atom stereocenters. The molecule has 0 spiro atoms. The standard InChI is InChI=1S/C21H23N3O4S2/c22-30(26,27)17-11-9-16(10-12-17)28-13-14-29-21-23-19-8-4-3-7-18(19)20(25)24(21)15-5-1-2-6-15/h3-4,7-12,15H,1-2,5-6,13-14H2,(H2,22,26,27). The van der Waals surface area contributed by atoms with Crippen LogP contribution in [0.5, 0.6) is 5.75 Å². The van der Waals surface area contributed by atoms with Crippen LogP contribution in [0.1, 0.15) is 31.7 Å². The van der Waals surface area contributed by atoms with Crippen LogP contribution in [-0.2, 0) is 10.0 Å². The van der Waals surface area contributed by atoms with Crippen LogP contribution in [0.15, 0.2) is 63.4 Å². The molecule has 1 fully saturated rings. The predicted molar refractivity (Wildman–Crippen MR) is 118 cm³/mol. The average Bonchev–Trinajstić information content (AvgIpc) is 3.25. The molecule has 0 radical (unpaired) electrons. The van der Waals surface area contributed by atoms with Crippen LogP contribution in [0, 0.1) is 0 Å². The molecule has 7 nitrogen and oxygen atoms in total. The van der Waals surface area contributed by atoms with Crippen molar-refractivity contribution in [3.63, 3.8) is 0 Å². The minimum atomic E-state index is -3.72. The number of hydrogen-bond acceptors (Lipinski definition) is 6. The Balaban J connectivity index is 1.48. The Labute approximate surface area is 179 Å². The normalized spacial score (nSPS) is 15.0. The molecule has 4 rings (SSSR count). The summed E-state index contributed by atoms with van der Waals surface area (Å²) in [5.74, 6) is 1.16. The lowest BCUT2D eigenvalue weighted by Crippen LogP contribution is -2.26. The number of thioether (sulfide) groups is 1. The molecule has 2 aromatic carbocycles. The molecule has 0 aliphatic heterocycles. The first kappa shape index (κ1) is 20.9. The van der Waals surface area contributed by atoms with E-state index in [1.807, 2.05) is 28.8 Å². The van der Waals surface area contributed by atoms with E-state index in [0.717, 1.165) is 30.8 Å². The van der Waals surface area contributed by atoms with Crippen LogP contribution in [0.2, 0.25) is 0 Å². The number of para-hydroxylation sites is 1. The van der Waals surface area contributed by atoms with Crippen molar-refractivity contribution < 1.29 is 13.2 Å². The second-order valence-electron chi connectivity index (χ2n) is 7.24. The first-order chi connectivity index (χ1) is 14.4. The molecule has 0 bridgehead atoms. The van der Waals surface area contributed by atoms with Gasteiger partial charge in [0.15, 0.2) is 5.16 Å². The Morgan fingerprint density at radius 1 is 1.10 bits per heavy atom. The first-order valence-corrected chi connectivity index (χ1v) is 12.4. The fraction of sp³-hybridized carbons (Fsp3) is 0.333. The summed E-state index contributed by atoms with van der Waals surface area (Å²) >= 11 is 1.50. The molecule has 0 saturated heterocycles. The third-order valence-electron chi connectivity index (χ3n) is 5.20. The maximum Gasteiger partial charge on any atom is 0.262 e. The van der Waals surface area contributed by atoms with Crippen LogP contribution in [0.25, 0.3) is 10.9 Å². The molecular formula is C21H23N3O4S2. The van der Waals surface area contributed by atoms with Gasteiger partial charge in [0.2, 0.25) is 10.0 Å². The molecule has 30 heavy (non-hydrogen) atoms. The summed E-state index contributed by atoms with van der Waals surface area (Å²) in [5, 5.41) is 6.48. The summed E-state index contributed by atoms with van der Waals surface area (Å²) in [6.07, 6.45) is 4.26. The number of primary sulfonamides is 1. The van der Waals surface area contributed by atoms with E-state index in [9.17, 15) is 13.2 Å². The molecule has 158 valence electrons. The lowest BCUT2D eigenvalue weighted by molar-refractivity contribution is 0.343. The number of nitrogens with zero attached hydrogens (tertiary/aromatic N) is 2. The van der Waals surface area contributed by atoms with Crippen LogP contribution in [0.3, 0.4) is 0 Å². The molecule has 1 saturated carbocycles. The fourth-order valence-electron chi connectivity index (χ4n) is 3.73. The van der Waals surface area contributed by atoms with Crippen LogP contribution in [-0.4, -0.2) is 30.3 Å². The van der Waals surface area contributed by atoms with Gasteiger partial charge in [-0.05, 0) is 49.2 Å². The van der Waals surface area contributed by atoms with E-state index in [1.165, 1.54) is 23.9 Å². The lowest BCUT2D eigenvalue weighted by atomic mass is 10.2. The van der Waals surface area contributed by atoms with Gasteiger partial charge in [-0.1, -0.05) is 36.7 Å². The zero-order valence-corrected chi connectivity index (χ0v) is 18.0. The van der Waals surface area contributed by atoms with Crippen LogP contribution >= 0.6 is 11.8 Å². The summed E-state index contributed by atoms with van der Waals surface area (Å²) in [5.41, 5.74) is 0.730. The number of ether oxygens (including phenoxy) is 1. The second kappa shape index (κ2) is 8.79. The number of benzene rings is 2. The quantitative estimate of drug-likeness (QED) is 0.340. The van der Waals surface area contributed by atoms with Crippen LogP contribution < -0.4 is 15.4 Å². The van der Waals surface area contributed by atoms with Gasteiger partial charge in [-0.2, -0.15) is 0 Å². The van der Waals surface area contributed by atoms with Gasteiger partial charge in [-0.3, -0.25) is 9.36 Å². The van der Waals surface area contributed by atoms with E-state index < -0.39 is 10.0 Å². The molecule has 1 aliphatic carbocycles. The van der Waals surface area contributed by atoms with Gasteiger partial charge < -0.3 is 4.74 Å². The minimum Gasteiger partial charge on any atom is -0.493 e. The van der Waals surface area contributed by atoms with Gasteiger partial charge in [0.05, 0.1) is 22.4 Å². The second-order valence-corrected chi connectivity index (χ2v) is 9.86. The highest BCUT2D eigenvalue weighted by atomic mass is 32.2. The van der Waals surface area contributed by atoms with Crippen molar-refractivity contribution in [3.8, 4) is 5.75 Å². The van der Waals surface area contributed by atoms with Gasteiger partial charge in [0.1, 0.15) is 5.75 Å². The van der Waals surface area contributed by atoms with Gasteiger partial charge in [0, 0.05) is 11.8 Å². The highest BCUT2D eigenvalue weighted by Crippen LogP contribution is 2.32. The number of aromatic nitrogens is 2.